The van der Waals surface area contributed by atoms with Gasteiger partial charge in [-0.05, 0) is 70.5 Å². The van der Waals surface area contributed by atoms with Crippen LogP contribution in [-0.2, 0) is 26.2 Å². The molecule has 0 aliphatic rings. The van der Waals surface area contributed by atoms with Crippen molar-refractivity contribution in [1.29, 1.82) is 0 Å². The first-order valence-electron chi connectivity index (χ1n) is 11.4. The number of amides is 2. The van der Waals surface area contributed by atoms with Gasteiger partial charge in [-0.2, -0.15) is 0 Å². The average molecular weight is 577 g/mol. The van der Waals surface area contributed by atoms with Gasteiger partial charge in [0.2, 0.25) is 21.8 Å². The maximum atomic E-state index is 13.4. The summed E-state index contributed by atoms with van der Waals surface area (Å²) in [6.45, 7) is 7.31. The van der Waals surface area contributed by atoms with E-state index in [2.05, 4.69) is 5.32 Å². The Morgan fingerprint density at radius 2 is 1.56 bits per heavy atom. The fraction of sp³-hybridized carbons (Fsp3) is 0.440. The fourth-order valence-corrected chi connectivity index (χ4v) is 5.13. The van der Waals surface area contributed by atoms with Crippen molar-refractivity contribution in [3.63, 3.8) is 0 Å². The minimum absolute atomic E-state index is 0.00875. The Labute approximate surface area is 228 Å². The molecule has 0 aliphatic carbocycles. The number of carbonyl (C=O) groups excluding carboxylic acids is 2. The highest BCUT2D eigenvalue weighted by atomic mass is 35.5. The minimum atomic E-state index is -3.59. The van der Waals surface area contributed by atoms with Crippen LogP contribution in [-0.4, -0.2) is 49.5 Å². The Morgan fingerprint density at radius 1 is 1.00 bits per heavy atom. The first-order valence-corrected chi connectivity index (χ1v) is 14.4. The zero-order valence-electron chi connectivity index (χ0n) is 21.0. The maximum Gasteiger partial charge on any atom is 0.242 e. The molecule has 2 amide bonds. The first-order chi connectivity index (χ1) is 16.6. The highest BCUT2D eigenvalue weighted by molar-refractivity contribution is 7.92. The van der Waals surface area contributed by atoms with Crippen molar-refractivity contribution in [2.45, 2.75) is 58.7 Å². The highest BCUT2D eigenvalue weighted by Gasteiger charge is 2.29. The van der Waals surface area contributed by atoms with Crippen LogP contribution in [0.1, 0.15) is 46.1 Å². The summed E-state index contributed by atoms with van der Waals surface area (Å²) in [7, 11) is -3.59. The van der Waals surface area contributed by atoms with E-state index >= 15 is 0 Å². The lowest BCUT2D eigenvalue weighted by atomic mass is 10.1. The lowest BCUT2D eigenvalue weighted by Gasteiger charge is -2.32. The smallest absolute Gasteiger partial charge is 0.242 e. The normalized spacial score (nSPS) is 12.7. The van der Waals surface area contributed by atoms with Gasteiger partial charge in [-0.25, -0.2) is 8.42 Å². The number of halogens is 3. The van der Waals surface area contributed by atoms with Gasteiger partial charge in [0.1, 0.15) is 6.04 Å². The topological polar surface area (TPSA) is 86.8 Å². The van der Waals surface area contributed by atoms with Crippen LogP contribution < -0.4 is 9.62 Å². The van der Waals surface area contributed by atoms with Gasteiger partial charge in [0.15, 0.2) is 0 Å². The molecule has 0 saturated heterocycles. The second-order valence-electron chi connectivity index (χ2n) is 9.55. The van der Waals surface area contributed by atoms with Crippen molar-refractivity contribution in [2.24, 2.45) is 0 Å². The van der Waals surface area contributed by atoms with Gasteiger partial charge in [-0.3, -0.25) is 13.9 Å². The van der Waals surface area contributed by atoms with E-state index in [4.69, 9.17) is 34.8 Å². The number of anilines is 1. The van der Waals surface area contributed by atoms with Crippen molar-refractivity contribution < 1.29 is 18.0 Å². The summed E-state index contributed by atoms with van der Waals surface area (Å²) in [5.74, 6) is -0.648. The zero-order chi connectivity index (χ0) is 27.3. The molecule has 36 heavy (non-hydrogen) atoms. The van der Waals surface area contributed by atoms with Gasteiger partial charge in [0, 0.05) is 45.7 Å². The molecule has 198 valence electrons. The van der Waals surface area contributed by atoms with Crippen molar-refractivity contribution in [2.75, 3.05) is 17.1 Å². The number of nitrogens with one attached hydrogen (secondary N) is 1. The highest BCUT2D eigenvalue weighted by Crippen LogP contribution is 2.27. The second-order valence-corrected chi connectivity index (χ2v) is 12.7. The monoisotopic (exact) mass is 575 g/mol. The summed E-state index contributed by atoms with van der Waals surface area (Å²) < 4.78 is 26.0. The van der Waals surface area contributed by atoms with E-state index < -0.39 is 21.6 Å². The molecule has 0 spiro atoms. The molecule has 0 aliphatic heterocycles. The van der Waals surface area contributed by atoms with Crippen LogP contribution in [0.4, 0.5) is 5.69 Å². The number of hydrogen-bond acceptors (Lipinski definition) is 4. The van der Waals surface area contributed by atoms with Crippen LogP contribution in [0.2, 0.25) is 15.1 Å². The van der Waals surface area contributed by atoms with Crippen LogP contribution >= 0.6 is 34.8 Å². The third-order valence-corrected chi connectivity index (χ3v) is 7.48. The second kappa shape index (κ2) is 12.5. The average Bonchev–Trinajstić information content (AvgIpc) is 2.75. The molecular weight excluding hydrogens is 545 g/mol. The molecule has 11 heteroatoms. The predicted octanol–water partition coefficient (Wildman–Crippen LogP) is 5.53. The molecule has 1 N–H and O–H groups in total. The summed E-state index contributed by atoms with van der Waals surface area (Å²) in [5, 5.41) is 4.15. The van der Waals surface area contributed by atoms with Gasteiger partial charge in [-0.15, -0.1) is 0 Å². The third-order valence-electron chi connectivity index (χ3n) is 5.32. The van der Waals surface area contributed by atoms with Crippen LogP contribution in [0.25, 0.3) is 0 Å². The number of carbonyl (C=O) groups is 2. The molecule has 2 aromatic rings. The Hall–Kier alpha value is -2.00. The molecule has 0 heterocycles. The Morgan fingerprint density at radius 3 is 2.06 bits per heavy atom. The number of hydrogen-bond donors (Lipinski definition) is 1. The molecule has 0 fully saturated rings. The summed E-state index contributed by atoms with van der Waals surface area (Å²) >= 11 is 18.6. The summed E-state index contributed by atoms with van der Waals surface area (Å²) in [4.78, 5) is 27.7. The third kappa shape index (κ3) is 8.83. The molecule has 0 bridgehead atoms. The van der Waals surface area contributed by atoms with Crippen LogP contribution in [0.3, 0.4) is 0 Å². The molecule has 1 atom stereocenters. The largest absolute Gasteiger partial charge is 0.350 e. The van der Waals surface area contributed by atoms with Crippen molar-refractivity contribution in [3.8, 4) is 0 Å². The molecule has 0 unspecified atom stereocenters. The van der Waals surface area contributed by atoms with E-state index in [1.165, 1.54) is 9.21 Å². The van der Waals surface area contributed by atoms with Gasteiger partial charge >= 0.3 is 0 Å². The van der Waals surface area contributed by atoms with Gasteiger partial charge in [-0.1, -0.05) is 40.9 Å². The van der Waals surface area contributed by atoms with Crippen LogP contribution in [0.5, 0.6) is 0 Å². The molecule has 2 aromatic carbocycles. The summed E-state index contributed by atoms with van der Waals surface area (Å²) in [5.41, 5.74) is 0.493. The fourth-order valence-electron chi connectivity index (χ4n) is 3.52. The maximum absolute atomic E-state index is 13.4. The van der Waals surface area contributed by atoms with E-state index in [9.17, 15) is 18.0 Å². The minimum Gasteiger partial charge on any atom is -0.350 e. The van der Waals surface area contributed by atoms with E-state index in [1.807, 2.05) is 20.8 Å². The molecule has 0 aromatic heterocycles. The lowest BCUT2D eigenvalue weighted by molar-refractivity contribution is -0.141. The standard InChI is InChI=1S/C25H32Cl3N3O4S/c1-17(24(33)29-25(2,3)4)30(16-20-21(27)8-6-9-22(20)28)23(32)10-7-15-31(36(5,34)35)19-13-11-18(26)12-14-19/h6,8-9,11-14,17H,7,10,15-16H2,1-5H3,(H,29,33)/t17-/m1/s1. The van der Waals surface area contributed by atoms with Crippen LogP contribution in [0.15, 0.2) is 42.5 Å². The molecule has 2 rings (SSSR count). The van der Waals surface area contributed by atoms with Crippen LogP contribution in [0, 0.1) is 0 Å². The zero-order valence-corrected chi connectivity index (χ0v) is 24.1. The molecule has 0 radical (unpaired) electrons. The molecule has 0 saturated carbocycles. The summed E-state index contributed by atoms with van der Waals surface area (Å²) in [6.07, 6.45) is 1.34. The van der Waals surface area contributed by atoms with Gasteiger partial charge in [0.05, 0.1) is 11.9 Å². The quantitative estimate of drug-likeness (QED) is 0.403. The SMILES string of the molecule is C[C@H](C(=O)NC(C)(C)C)N(Cc1c(Cl)cccc1Cl)C(=O)CCCN(c1ccc(Cl)cc1)S(C)(=O)=O. The van der Waals surface area contributed by atoms with Gasteiger partial charge in [0.25, 0.3) is 0 Å². The molecule has 7 nitrogen and oxygen atoms in total. The molecular formula is C25H32Cl3N3O4S. The van der Waals surface area contributed by atoms with E-state index in [1.54, 1.807) is 49.4 Å². The van der Waals surface area contributed by atoms with E-state index in [-0.39, 0.29) is 37.7 Å². The van der Waals surface area contributed by atoms with Crippen molar-refractivity contribution in [1.82, 2.24) is 10.2 Å². The Kier molecular flexibility index (Phi) is 10.5. The number of nitrogens with zero attached hydrogens (tertiary/aromatic N) is 2. The predicted molar refractivity (Wildman–Crippen MR) is 147 cm³/mol. The van der Waals surface area contributed by atoms with Gasteiger partial charge < -0.3 is 10.2 Å². The number of benzene rings is 2. The first kappa shape index (κ1) is 30.2. The Bertz CT molecular complexity index is 1160. The number of rotatable bonds is 10. The Balaban J connectivity index is 2.24. The number of sulfonamides is 1. The van der Waals surface area contributed by atoms with E-state index in [0.717, 1.165) is 6.26 Å². The summed E-state index contributed by atoms with van der Waals surface area (Å²) in [6, 6.07) is 10.6. The van der Waals surface area contributed by atoms with E-state index in [0.29, 0.717) is 26.3 Å². The lowest BCUT2D eigenvalue weighted by Crippen LogP contribution is -2.52. The van der Waals surface area contributed by atoms with Crippen molar-refractivity contribution in [3.05, 3.63) is 63.1 Å². The van der Waals surface area contributed by atoms with Crippen molar-refractivity contribution >= 4 is 62.3 Å².